The lowest BCUT2D eigenvalue weighted by Gasteiger charge is -2.16. The number of ether oxygens (including phenoxy) is 1. The zero-order valence-corrected chi connectivity index (χ0v) is 28.4. The summed E-state index contributed by atoms with van der Waals surface area (Å²) in [7, 11) is 0. The molecule has 0 aliphatic carbocycles. The number of aliphatic hydroxyl groups excluding tert-OH is 1. The molecule has 2 atom stereocenters. The maximum Gasteiger partial charge on any atom is 0.306 e. The molecule has 5 heteroatoms. The van der Waals surface area contributed by atoms with Gasteiger partial charge in [-0.15, -0.1) is 0 Å². The summed E-state index contributed by atoms with van der Waals surface area (Å²) in [5.41, 5.74) is 0. The molecule has 0 spiro atoms. The van der Waals surface area contributed by atoms with E-state index in [-0.39, 0.29) is 24.6 Å². The van der Waals surface area contributed by atoms with E-state index in [4.69, 9.17) is 9.84 Å². The minimum Gasteiger partial charge on any atom is -0.481 e. The molecule has 0 fully saturated rings. The first-order valence-corrected chi connectivity index (χ1v) is 18.4. The van der Waals surface area contributed by atoms with Gasteiger partial charge in [-0.25, -0.2) is 0 Å². The molecule has 5 nitrogen and oxygen atoms in total. The van der Waals surface area contributed by atoms with Gasteiger partial charge in [-0.2, -0.15) is 0 Å². The topological polar surface area (TPSA) is 83.8 Å². The number of carboxylic acids is 1. The second-order valence-electron chi connectivity index (χ2n) is 12.6. The third kappa shape index (κ3) is 33.1. The van der Waals surface area contributed by atoms with Crippen LogP contribution in [0.1, 0.15) is 194 Å². The molecule has 0 aliphatic rings. The van der Waals surface area contributed by atoms with Crippen molar-refractivity contribution in [2.45, 2.75) is 206 Å². The summed E-state index contributed by atoms with van der Waals surface area (Å²) < 4.78 is 5.90. The molecule has 0 bridgehead atoms. The molecule has 1 unspecified atom stereocenters. The van der Waals surface area contributed by atoms with Gasteiger partial charge < -0.3 is 14.9 Å². The Hall–Kier alpha value is -1.62. The van der Waals surface area contributed by atoms with Gasteiger partial charge in [0.05, 0.1) is 6.10 Å². The number of aliphatic hydroxyl groups is 1. The van der Waals surface area contributed by atoms with E-state index in [1.165, 1.54) is 70.6 Å². The Labute approximate surface area is 266 Å². The summed E-state index contributed by atoms with van der Waals surface area (Å²) in [4.78, 5) is 23.1. The number of carbonyl (C=O) groups is 2. The first kappa shape index (κ1) is 41.4. The lowest BCUT2D eigenvalue weighted by molar-refractivity contribution is -0.149. The largest absolute Gasteiger partial charge is 0.481 e. The number of aliphatic carboxylic acids is 1. The van der Waals surface area contributed by atoms with E-state index in [0.717, 1.165) is 96.3 Å². The first-order chi connectivity index (χ1) is 21.0. The van der Waals surface area contributed by atoms with Gasteiger partial charge in [0.1, 0.15) is 6.10 Å². The van der Waals surface area contributed by atoms with E-state index < -0.39 is 5.97 Å². The van der Waals surface area contributed by atoms with Crippen LogP contribution >= 0.6 is 0 Å². The molecular formula is C38H70O5. The van der Waals surface area contributed by atoms with Gasteiger partial charge in [-0.1, -0.05) is 134 Å². The Balaban J connectivity index is 3.90. The number of esters is 1. The van der Waals surface area contributed by atoms with E-state index in [2.05, 4.69) is 38.2 Å². The van der Waals surface area contributed by atoms with Gasteiger partial charge in [-0.3, -0.25) is 9.59 Å². The molecular weight excluding hydrogens is 536 g/mol. The number of carboxylic acid groups (broad SMARTS) is 1. The van der Waals surface area contributed by atoms with Crippen molar-refractivity contribution in [1.82, 2.24) is 0 Å². The molecule has 0 aromatic carbocycles. The molecule has 0 radical (unpaired) electrons. The summed E-state index contributed by atoms with van der Waals surface area (Å²) in [6.45, 7) is 4.43. The number of hydrogen-bond acceptors (Lipinski definition) is 4. The Bertz CT molecular complexity index is 671. The van der Waals surface area contributed by atoms with Crippen LogP contribution in [0.2, 0.25) is 0 Å². The number of hydrogen-bond donors (Lipinski definition) is 2. The van der Waals surface area contributed by atoms with Crippen LogP contribution in [0.4, 0.5) is 0 Å². The minimum absolute atomic E-state index is 0.000247. The lowest BCUT2D eigenvalue weighted by atomic mass is 10.0. The van der Waals surface area contributed by atoms with Crippen molar-refractivity contribution in [3.63, 3.8) is 0 Å². The second kappa shape index (κ2) is 33.3. The van der Waals surface area contributed by atoms with Crippen LogP contribution in [0.15, 0.2) is 24.3 Å². The van der Waals surface area contributed by atoms with Crippen molar-refractivity contribution in [3.05, 3.63) is 24.3 Å². The van der Waals surface area contributed by atoms with E-state index in [9.17, 15) is 14.7 Å². The normalized spacial score (nSPS) is 13.2. The summed E-state index contributed by atoms with van der Waals surface area (Å²) >= 11 is 0. The lowest BCUT2D eigenvalue weighted by Crippen LogP contribution is -2.17. The molecule has 0 aromatic heterocycles. The van der Waals surface area contributed by atoms with Gasteiger partial charge in [-0.05, 0) is 64.2 Å². The van der Waals surface area contributed by atoms with Crippen molar-refractivity contribution in [2.75, 3.05) is 0 Å². The zero-order chi connectivity index (χ0) is 31.6. The highest BCUT2D eigenvalue weighted by atomic mass is 16.5. The van der Waals surface area contributed by atoms with Crippen LogP contribution in [0.5, 0.6) is 0 Å². The molecule has 0 rings (SSSR count). The summed E-state index contributed by atoms with van der Waals surface area (Å²) in [6.07, 6.45) is 38.1. The summed E-state index contributed by atoms with van der Waals surface area (Å²) in [5, 5.41) is 18.7. The van der Waals surface area contributed by atoms with Crippen LogP contribution < -0.4 is 0 Å². The van der Waals surface area contributed by atoms with Gasteiger partial charge in [0, 0.05) is 19.3 Å². The van der Waals surface area contributed by atoms with E-state index in [0.29, 0.717) is 6.42 Å². The van der Waals surface area contributed by atoms with Crippen molar-refractivity contribution in [1.29, 1.82) is 0 Å². The predicted octanol–water partition coefficient (Wildman–Crippen LogP) is 11.4. The van der Waals surface area contributed by atoms with Crippen LogP contribution in [-0.4, -0.2) is 34.4 Å². The molecule has 43 heavy (non-hydrogen) atoms. The standard InChI is InChI=1S/C38H70O5/c1-3-5-7-23-29-35(39)30-24-19-15-11-9-10-12-18-22-28-34-38(42)43-36(31-25-8-6-4-2)32-26-20-16-13-14-17-21-27-33-37(40)41/h19-20,24,26,35-36,39H,3-18,21-23,25,27-34H2,1-2H3,(H,40,41)/t35?,36-/m1/s1. The van der Waals surface area contributed by atoms with Crippen LogP contribution in [0.25, 0.3) is 0 Å². The average Bonchev–Trinajstić information content (AvgIpc) is 2.98. The molecule has 0 aliphatic heterocycles. The average molecular weight is 607 g/mol. The Morgan fingerprint density at radius 3 is 1.58 bits per heavy atom. The molecule has 0 saturated heterocycles. The SMILES string of the molecule is CCCCCCC(O)CC=CCCCCCCCCCC(=O)O[C@@H](CC=CCCCCCCCC(=O)O)CCCCCC. The minimum atomic E-state index is -0.699. The molecule has 0 heterocycles. The Kier molecular flexibility index (Phi) is 32.0. The van der Waals surface area contributed by atoms with E-state index in [1.807, 2.05) is 0 Å². The van der Waals surface area contributed by atoms with Gasteiger partial charge >= 0.3 is 11.9 Å². The van der Waals surface area contributed by atoms with Crippen LogP contribution in [0.3, 0.4) is 0 Å². The first-order valence-electron chi connectivity index (χ1n) is 18.4. The van der Waals surface area contributed by atoms with Gasteiger partial charge in [0.15, 0.2) is 0 Å². The number of rotatable bonds is 33. The highest BCUT2D eigenvalue weighted by molar-refractivity contribution is 5.69. The van der Waals surface area contributed by atoms with Crippen molar-refractivity contribution in [2.24, 2.45) is 0 Å². The number of allylic oxidation sites excluding steroid dienone is 2. The van der Waals surface area contributed by atoms with Crippen molar-refractivity contribution in [3.8, 4) is 0 Å². The molecule has 2 N–H and O–H groups in total. The van der Waals surface area contributed by atoms with Crippen LogP contribution in [0, 0.1) is 0 Å². The molecule has 0 amide bonds. The highest BCUT2D eigenvalue weighted by Gasteiger charge is 2.13. The Morgan fingerprint density at radius 1 is 0.558 bits per heavy atom. The van der Waals surface area contributed by atoms with Crippen molar-refractivity contribution >= 4 is 11.9 Å². The molecule has 0 saturated carbocycles. The maximum absolute atomic E-state index is 12.5. The van der Waals surface area contributed by atoms with E-state index >= 15 is 0 Å². The van der Waals surface area contributed by atoms with Crippen molar-refractivity contribution < 1.29 is 24.5 Å². The number of carbonyl (C=O) groups excluding carboxylic acids is 1. The summed E-state index contributed by atoms with van der Waals surface area (Å²) in [6, 6.07) is 0. The number of unbranched alkanes of at least 4 members (excludes halogenated alkanes) is 18. The van der Waals surface area contributed by atoms with E-state index in [1.54, 1.807) is 0 Å². The van der Waals surface area contributed by atoms with Gasteiger partial charge in [0.2, 0.25) is 0 Å². The third-order valence-electron chi connectivity index (χ3n) is 8.22. The smallest absolute Gasteiger partial charge is 0.306 e. The zero-order valence-electron chi connectivity index (χ0n) is 28.4. The van der Waals surface area contributed by atoms with Gasteiger partial charge in [0.25, 0.3) is 0 Å². The Morgan fingerprint density at radius 2 is 1.02 bits per heavy atom. The quantitative estimate of drug-likeness (QED) is 0.0441. The fourth-order valence-corrected chi connectivity index (χ4v) is 5.41. The summed E-state index contributed by atoms with van der Waals surface area (Å²) in [5.74, 6) is -0.733. The molecule has 0 aromatic rings. The van der Waals surface area contributed by atoms with Crippen LogP contribution in [-0.2, 0) is 14.3 Å². The fraction of sp³-hybridized carbons (Fsp3) is 0.842. The third-order valence-corrected chi connectivity index (χ3v) is 8.22. The monoisotopic (exact) mass is 607 g/mol. The maximum atomic E-state index is 12.5. The second-order valence-corrected chi connectivity index (χ2v) is 12.6. The highest BCUT2D eigenvalue weighted by Crippen LogP contribution is 2.16. The fourth-order valence-electron chi connectivity index (χ4n) is 5.41. The predicted molar refractivity (Wildman–Crippen MR) is 182 cm³/mol. The molecule has 252 valence electrons.